The molecule has 0 aliphatic carbocycles. The zero-order valence-electron chi connectivity index (χ0n) is 12.6. The van der Waals surface area contributed by atoms with Gasteiger partial charge in [-0.1, -0.05) is 43.3 Å². The van der Waals surface area contributed by atoms with Crippen molar-refractivity contribution in [1.29, 1.82) is 0 Å². The van der Waals surface area contributed by atoms with Gasteiger partial charge in [0, 0.05) is 5.56 Å². The van der Waals surface area contributed by atoms with Gasteiger partial charge in [0.1, 0.15) is 6.10 Å². The first kappa shape index (κ1) is 17.8. The van der Waals surface area contributed by atoms with Crippen molar-refractivity contribution in [3.63, 3.8) is 0 Å². The predicted octanol–water partition coefficient (Wildman–Crippen LogP) is 3.04. The van der Waals surface area contributed by atoms with Crippen molar-refractivity contribution in [2.75, 3.05) is 0 Å². The van der Waals surface area contributed by atoms with Crippen molar-refractivity contribution in [3.05, 3.63) is 48.0 Å². The first-order chi connectivity index (χ1) is 10.1. The van der Waals surface area contributed by atoms with Crippen molar-refractivity contribution in [1.82, 2.24) is 5.32 Å². The van der Waals surface area contributed by atoms with E-state index in [2.05, 4.69) is 10.5 Å². The molecule has 118 valence electrons. The number of carbonyl (C=O) groups excluding carboxylic acids is 1. The van der Waals surface area contributed by atoms with E-state index in [4.69, 9.17) is 10.6 Å². The van der Waals surface area contributed by atoms with Gasteiger partial charge in [-0.25, -0.2) is 0 Å². The molecule has 0 aliphatic rings. The minimum atomic E-state index is -0.305. The number of nitrogens with one attached hydrogen (secondary N) is 1. The van der Waals surface area contributed by atoms with Crippen LogP contribution in [0.5, 0.6) is 0 Å². The molecule has 22 heavy (non-hydrogen) atoms. The summed E-state index contributed by atoms with van der Waals surface area (Å²) < 4.78 is 0. The van der Waals surface area contributed by atoms with Crippen LogP contribution in [0.25, 0.3) is 10.8 Å². The van der Waals surface area contributed by atoms with Crippen molar-refractivity contribution < 1.29 is 9.63 Å². The molecular formula is C16H20ClN3O2. The first-order valence-electron chi connectivity index (χ1n) is 6.90. The molecule has 0 aliphatic heterocycles. The lowest BCUT2D eigenvalue weighted by Gasteiger charge is -2.09. The smallest absolute Gasteiger partial charge is 0.258 e. The average Bonchev–Trinajstić information content (AvgIpc) is 2.51. The Morgan fingerprint density at radius 2 is 1.95 bits per heavy atom. The fourth-order valence-corrected chi connectivity index (χ4v) is 1.85. The fraction of sp³-hybridized carbons (Fsp3) is 0.250. The van der Waals surface area contributed by atoms with E-state index in [0.717, 1.165) is 17.2 Å². The lowest BCUT2D eigenvalue weighted by atomic mass is 10.0. The van der Waals surface area contributed by atoms with Crippen LogP contribution in [0.4, 0.5) is 0 Å². The van der Waals surface area contributed by atoms with Crippen molar-refractivity contribution in [2.24, 2.45) is 10.9 Å². The second-order valence-electron chi connectivity index (χ2n) is 4.78. The highest BCUT2D eigenvalue weighted by atomic mass is 35.5. The number of oxime groups is 1. The number of benzene rings is 2. The molecule has 0 aromatic heterocycles. The molecule has 1 atom stereocenters. The molecule has 0 spiro atoms. The quantitative estimate of drug-likeness (QED) is 0.516. The Bertz CT molecular complexity index is 668. The molecule has 5 nitrogen and oxygen atoms in total. The van der Waals surface area contributed by atoms with Gasteiger partial charge in [0.05, 0.1) is 0 Å². The van der Waals surface area contributed by atoms with Crippen LogP contribution >= 0.6 is 12.4 Å². The normalized spacial score (nSPS) is 12.4. The Labute approximate surface area is 135 Å². The predicted molar refractivity (Wildman–Crippen MR) is 91.1 cm³/mol. The van der Waals surface area contributed by atoms with E-state index in [1.165, 1.54) is 0 Å². The monoisotopic (exact) mass is 321 g/mol. The van der Waals surface area contributed by atoms with Crippen LogP contribution in [0.3, 0.4) is 0 Å². The Hall–Kier alpha value is -2.27. The lowest BCUT2D eigenvalue weighted by Crippen LogP contribution is -2.37. The highest BCUT2D eigenvalue weighted by Gasteiger charge is 2.11. The highest BCUT2D eigenvalue weighted by Crippen LogP contribution is 2.18. The van der Waals surface area contributed by atoms with E-state index < -0.39 is 0 Å². The van der Waals surface area contributed by atoms with Gasteiger partial charge in [-0.3, -0.25) is 10.1 Å². The third-order valence-corrected chi connectivity index (χ3v) is 3.18. The molecule has 2 rings (SSSR count). The molecular weight excluding hydrogens is 302 g/mol. The van der Waals surface area contributed by atoms with Crippen LogP contribution in [0.2, 0.25) is 0 Å². The minimum absolute atomic E-state index is 0. The number of halogens is 1. The molecule has 2 aromatic carbocycles. The van der Waals surface area contributed by atoms with Crippen LogP contribution in [0, 0.1) is 0 Å². The van der Waals surface area contributed by atoms with Gasteiger partial charge in [-0.05, 0) is 35.3 Å². The van der Waals surface area contributed by atoms with Crippen molar-refractivity contribution in [3.8, 4) is 0 Å². The number of hydrogen-bond donors (Lipinski definition) is 2. The second kappa shape index (κ2) is 8.24. The van der Waals surface area contributed by atoms with Gasteiger partial charge < -0.3 is 10.6 Å². The number of nitrogens with zero attached hydrogens (tertiary/aromatic N) is 1. The van der Waals surface area contributed by atoms with Crippen LogP contribution in [0.15, 0.2) is 47.6 Å². The summed E-state index contributed by atoms with van der Waals surface area (Å²) in [6.07, 6.45) is 0.770. The number of rotatable bonds is 4. The molecule has 1 amide bonds. The molecule has 6 heteroatoms. The summed E-state index contributed by atoms with van der Waals surface area (Å²) >= 11 is 0. The summed E-state index contributed by atoms with van der Waals surface area (Å²) in [5.41, 5.74) is 6.20. The Morgan fingerprint density at radius 1 is 1.27 bits per heavy atom. The third-order valence-electron chi connectivity index (χ3n) is 3.18. The molecule has 1 unspecified atom stereocenters. The summed E-state index contributed by atoms with van der Waals surface area (Å²) in [5.74, 6) is -0.353. The average molecular weight is 322 g/mol. The van der Waals surface area contributed by atoms with Gasteiger partial charge in [-0.2, -0.15) is 0 Å². The van der Waals surface area contributed by atoms with E-state index in [0.29, 0.717) is 5.56 Å². The molecule has 0 bridgehead atoms. The number of carbonyl (C=O) groups is 1. The molecule has 0 saturated heterocycles. The summed E-state index contributed by atoms with van der Waals surface area (Å²) in [7, 11) is 0. The lowest BCUT2D eigenvalue weighted by molar-refractivity contribution is 0.0682. The maximum atomic E-state index is 12.3. The van der Waals surface area contributed by atoms with E-state index in [9.17, 15) is 4.79 Å². The Balaban J connectivity index is 0.00000242. The Kier molecular flexibility index (Phi) is 6.66. The molecule has 2 aromatic rings. The summed E-state index contributed by atoms with van der Waals surface area (Å²) in [6, 6.07) is 13.2. The van der Waals surface area contributed by atoms with Crippen LogP contribution in [-0.2, 0) is 4.84 Å². The maximum Gasteiger partial charge on any atom is 0.258 e. The topological polar surface area (TPSA) is 76.7 Å². The molecule has 0 saturated carbocycles. The molecule has 3 N–H and O–H groups in total. The third kappa shape index (κ3) is 4.36. The van der Waals surface area contributed by atoms with E-state index in [1.54, 1.807) is 6.07 Å². The number of nitrogens with two attached hydrogens (primary N) is 1. The standard InChI is InChI=1S/C16H19N3O2.ClH/c1-3-11(2)21-19-16(17)18-15(20)14-10-6-8-12-7-4-5-9-13(12)14;/h4-11H,3H2,1-2H3,(H3,17,18,19,20);1H. The SMILES string of the molecule is CCC(C)ON=C(N)NC(=O)c1cccc2ccccc12.Cl. The van der Waals surface area contributed by atoms with Gasteiger partial charge in [0.2, 0.25) is 5.96 Å². The summed E-state index contributed by atoms with van der Waals surface area (Å²) in [4.78, 5) is 17.4. The number of fused-ring (bicyclic) bond motifs is 1. The Morgan fingerprint density at radius 3 is 2.68 bits per heavy atom. The van der Waals surface area contributed by atoms with Gasteiger partial charge in [0.25, 0.3) is 5.91 Å². The number of guanidine groups is 1. The van der Waals surface area contributed by atoms with Gasteiger partial charge in [-0.15, -0.1) is 12.4 Å². The molecule has 0 heterocycles. The summed E-state index contributed by atoms with van der Waals surface area (Å²) in [6.45, 7) is 3.86. The summed E-state index contributed by atoms with van der Waals surface area (Å²) in [5, 5.41) is 8.10. The van der Waals surface area contributed by atoms with Gasteiger partial charge in [0.15, 0.2) is 0 Å². The van der Waals surface area contributed by atoms with Crippen LogP contribution in [-0.4, -0.2) is 18.0 Å². The number of amides is 1. The van der Waals surface area contributed by atoms with Gasteiger partial charge >= 0.3 is 0 Å². The molecule has 0 fully saturated rings. The van der Waals surface area contributed by atoms with Crippen molar-refractivity contribution >= 4 is 35.0 Å². The zero-order valence-corrected chi connectivity index (χ0v) is 13.4. The van der Waals surface area contributed by atoms with E-state index in [1.807, 2.05) is 50.2 Å². The van der Waals surface area contributed by atoms with E-state index >= 15 is 0 Å². The fourth-order valence-electron chi connectivity index (χ4n) is 1.85. The second-order valence-corrected chi connectivity index (χ2v) is 4.78. The minimum Gasteiger partial charge on any atom is -0.390 e. The largest absolute Gasteiger partial charge is 0.390 e. The van der Waals surface area contributed by atoms with Crippen molar-refractivity contribution in [2.45, 2.75) is 26.4 Å². The maximum absolute atomic E-state index is 12.3. The van der Waals surface area contributed by atoms with E-state index in [-0.39, 0.29) is 30.4 Å². The molecule has 0 radical (unpaired) electrons. The number of hydrogen-bond acceptors (Lipinski definition) is 3. The zero-order chi connectivity index (χ0) is 15.2. The first-order valence-corrected chi connectivity index (χ1v) is 6.90. The van der Waals surface area contributed by atoms with Crippen LogP contribution in [0.1, 0.15) is 30.6 Å². The van der Waals surface area contributed by atoms with Crippen LogP contribution < -0.4 is 11.1 Å². The highest BCUT2D eigenvalue weighted by molar-refractivity contribution is 6.12.